The van der Waals surface area contributed by atoms with Gasteiger partial charge in [0.05, 0.1) is 6.07 Å². The SMILES string of the molecule is CCNC(=O)c1cc(OCc2ccccc2)c(OCc2ccccc2)c(C)[n+]1[O-]. The standard InChI is InChI=1S/C23H24N2O4/c1-3-24-23(26)20-14-21(28-15-18-10-6-4-7-11-18)22(17(2)25(20)27)29-16-19-12-8-5-9-13-19/h4-14H,3,15-16H2,1-2H3,(H,24,26). The van der Waals surface area contributed by atoms with E-state index in [2.05, 4.69) is 5.32 Å². The quantitative estimate of drug-likeness (QED) is 0.470. The average Bonchev–Trinajstić information content (AvgIpc) is 2.75. The van der Waals surface area contributed by atoms with Gasteiger partial charge in [0, 0.05) is 13.5 Å². The summed E-state index contributed by atoms with van der Waals surface area (Å²) in [4.78, 5) is 12.3. The predicted octanol–water partition coefficient (Wildman–Crippen LogP) is 3.54. The predicted molar refractivity (Wildman–Crippen MR) is 110 cm³/mol. The molecule has 1 N–H and O–H groups in total. The van der Waals surface area contributed by atoms with Gasteiger partial charge in [-0.25, -0.2) is 0 Å². The molecule has 0 radical (unpaired) electrons. The molecule has 6 heteroatoms. The van der Waals surface area contributed by atoms with Gasteiger partial charge >= 0.3 is 5.91 Å². The van der Waals surface area contributed by atoms with Crippen molar-refractivity contribution in [2.24, 2.45) is 0 Å². The van der Waals surface area contributed by atoms with Crippen molar-refractivity contribution in [1.29, 1.82) is 0 Å². The average molecular weight is 392 g/mol. The second-order valence-electron chi connectivity index (χ2n) is 6.51. The van der Waals surface area contributed by atoms with E-state index in [1.807, 2.05) is 60.7 Å². The molecule has 0 saturated carbocycles. The lowest BCUT2D eigenvalue weighted by Gasteiger charge is -2.17. The van der Waals surface area contributed by atoms with Crippen molar-refractivity contribution in [2.75, 3.05) is 6.54 Å². The van der Waals surface area contributed by atoms with E-state index in [9.17, 15) is 10.0 Å². The Morgan fingerprint density at radius 2 is 1.52 bits per heavy atom. The second-order valence-corrected chi connectivity index (χ2v) is 6.51. The zero-order valence-corrected chi connectivity index (χ0v) is 16.6. The summed E-state index contributed by atoms with van der Waals surface area (Å²) in [7, 11) is 0. The summed E-state index contributed by atoms with van der Waals surface area (Å²) in [5.41, 5.74) is 2.18. The van der Waals surface area contributed by atoms with Crippen LogP contribution in [0.5, 0.6) is 11.5 Å². The molecule has 0 saturated heterocycles. The third kappa shape index (κ3) is 5.04. The molecule has 2 aromatic carbocycles. The van der Waals surface area contributed by atoms with Gasteiger partial charge in [-0.3, -0.25) is 4.79 Å². The zero-order chi connectivity index (χ0) is 20.6. The maximum Gasteiger partial charge on any atom is 0.317 e. The minimum absolute atomic E-state index is 0.0283. The van der Waals surface area contributed by atoms with Gasteiger partial charge < -0.3 is 20.0 Å². The summed E-state index contributed by atoms with van der Waals surface area (Å²) in [6, 6.07) is 20.7. The Bertz CT molecular complexity index is 960. The van der Waals surface area contributed by atoms with E-state index in [1.165, 1.54) is 6.07 Å². The van der Waals surface area contributed by atoms with E-state index in [1.54, 1.807) is 13.8 Å². The maximum atomic E-state index is 12.7. The summed E-state index contributed by atoms with van der Waals surface area (Å²) in [6.07, 6.45) is 0. The topological polar surface area (TPSA) is 74.5 Å². The summed E-state index contributed by atoms with van der Waals surface area (Å²) >= 11 is 0. The number of hydrogen-bond acceptors (Lipinski definition) is 4. The van der Waals surface area contributed by atoms with Crippen molar-refractivity contribution in [3.63, 3.8) is 0 Å². The number of benzene rings is 2. The van der Waals surface area contributed by atoms with Crippen molar-refractivity contribution in [2.45, 2.75) is 27.1 Å². The maximum absolute atomic E-state index is 12.7. The van der Waals surface area contributed by atoms with Crippen LogP contribution in [-0.2, 0) is 13.2 Å². The van der Waals surface area contributed by atoms with Crippen LogP contribution in [0, 0.1) is 12.1 Å². The van der Waals surface area contributed by atoms with Crippen LogP contribution in [0.15, 0.2) is 66.7 Å². The van der Waals surface area contributed by atoms with Crippen molar-refractivity contribution >= 4 is 5.91 Å². The first-order chi connectivity index (χ1) is 14.1. The van der Waals surface area contributed by atoms with Gasteiger partial charge in [0.2, 0.25) is 11.4 Å². The van der Waals surface area contributed by atoms with Crippen LogP contribution >= 0.6 is 0 Å². The Morgan fingerprint density at radius 3 is 2.07 bits per heavy atom. The van der Waals surface area contributed by atoms with Crippen molar-refractivity contribution in [1.82, 2.24) is 5.32 Å². The number of aromatic nitrogens is 1. The highest BCUT2D eigenvalue weighted by Gasteiger charge is 2.26. The molecule has 0 unspecified atom stereocenters. The molecule has 0 fully saturated rings. The molecule has 0 aliphatic rings. The third-order valence-corrected chi connectivity index (χ3v) is 4.38. The van der Waals surface area contributed by atoms with Crippen molar-refractivity contribution < 1.29 is 19.0 Å². The van der Waals surface area contributed by atoms with Crippen molar-refractivity contribution in [3.8, 4) is 11.5 Å². The molecule has 0 spiro atoms. The molecule has 0 bridgehead atoms. The Morgan fingerprint density at radius 1 is 0.966 bits per heavy atom. The number of pyridine rings is 1. The fraction of sp³-hybridized carbons (Fsp3) is 0.217. The van der Waals surface area contributed by atoms with Gasteiger partial charge in [-0.05, 0) is 18.1 Å². The van der Waals surface area contributed by atoms with E-state index in [0.717, 1.165) is 11.1 Å². The molecule has 29 heavy (non-hydrogen) atoms. The highest BCUT2D eigenvalue weighted by Crippen LogP contribution is 2.31. The van der Waals surface area contributed by atoms with E-state index in [0.29, 0.717) is 29.4 Å². The molecule has 6 nitrogen and oxygen atoms in total. The smallest absolute Gasteiger partial charge is 0.317 e. The monoisotopic (exact) mass is 392 g/mol. The number of rotatable bonds is 8. The largest absolute Gasteiger partial charge is 0.618 e. The number of nitrogens with one attached hydrogen (secondary N) is 1. The Labute approximate surface area is 170 Å². The van der Waals surface area contributed by atoms with Gasteiger partial charge in [0.25, 0.3) is 5.69 Å². The van der Waals surface area contributed by atoms with E-state index < -0.39 is 5.91 Å². The number of carbonyl (C=O) groups excluding carboxylic acids is 1. The van der Waals surface area contributed by atoms with Crippen LogP contribution in [0.1, 0.15) is 34.2 Å². The third-order valence-electron chi connectivity index (χ3n) is 4.38. The van der Waals surface area contributed by atoms with Gasteiger partial charge in [-0.15, -0.1) is 0 Å². The molecule has 0 aliphatic heterocycles. The lowest BCUT2D eigenvalue weighted by Crippen LogP contribution is -2.42. The zero-order valence-electron chi connectivity index (χ0n) is 16.6. The molecule has 3 rings (SSSR count). The molecule has 1 heterocycles. The van der Waals surface area contributed by atoms with E-state index in [-0.39, 0.29) is 18.0 Å². The van der Waals surface area contributed by atoms with E-state index in [4.69, 9.17) is 9.47 Å². The number of ether oxygens (including phenoxy) is 2. The second kappa shape index (κ2) is 9.59. The highest BCUT2D eigenvalue weighted by atomic mass is 16.5. The molecule has 0 aliphatic carbocycles. The molecule has 3 aromatic rings. The lowest BCUT2D eigenvalue weighted by atomic mass is 10.2. The molecular weight excluding hydrogens is 368 g/mol. The van der Waals surface area contributed by atoms with Crippen LogP contribution in [-0.4, -0.2) is 12.5 Å². The Kier molecular flexibility index (Phi) is 6.68. The fourth-order valence-corrected chi connectivity index (χ4v) is 2.86. The molecule has 0 atom stereocenters. The first-order valence-corrected chi connectivity index (χ1v) is 9.49. The van der Waals surface area contributed by atoms with Crippen molar-refractivity contribution in [3.05, 3.63) is 94.5 Å². The fourth-order valence-electron chi connectivity index (χ4n) is 2.86. The summed E-state index contributed by atoms with van der Waals surface area (Å²) in [5.74, 6) is 0.230. The minimum Gasteiger partial charge on any atom is -0.618 e. The van der Waals surface area contributed by atoms with Crippen LogP contribution in [0.4, 0.5) is 0 Å². The number of nitrogens with zero attached hydrogens (tertiary/aromatic N) is 1. The number of carbonyl (C=O) groups is 1. The van der Waals surface area contributed by atoms with Gasteiger partial charge in [0.15, 0.2) is 5.75 Å². The molecule has 150 valence electrons. The minimum atomic E-state index is -0.454. The van der Waals surface area contributed by atoms with Gasteiger partial charge in [-0.2, -0.15) is 4.73 Å². The number of amides is 1. The molecule has 1 aromatic heterocycles. The van der Waals surface area contributed by atoms with E-state index >= 15 is 0 Å². The van der Waals surface area contributed by atoms with Gasteiger partial charge in [-0.1, -0.05) is 60.7 Å². The molecule has 1 amide bonds. The van der Waals surface area contributed by atoms with Crippen LogP contribution in [0.25, 0.3) is 0 Å². The van der Waals surface area contributed by atoms with Crippen LogP contribution in [0.3, 0.4) is 0 Å². The number of hydrogen-bond donors (Lipinski definition) is 1. The summed E-state index contributed by atoms with van der Waals surface area (Å²) in [6.45, 7) is 4.41. The van der Waals surface area contributed by atoms with Gasteiger partial charge in [0.1, 0.15) is 13.2 Å². The summed E-state index contributed by atoms with van der Waals surface area (Å²) in [5, 5.41) is 15.3. The Hall–Kier alpha value is -3.54. The lowest BCUT2D eigenvalue weighted by molar-refractivity contribution is -0.615. The van der Waals surface area contributed by atoms with Crippen LogP contribution < -0.4 is 19.5 Å². The highest BCUT2D eigenvalue weighted by molar-refractivity contribution is 5.91. The first kappa shape index (κ1) is 20.2. The Balaban J connectivity index is 1.92. The van der Waals surface area contributed by atoms with Crippen LogP contribution in [0.2, 0.25) is 0 Å². The first-order valence-electron chi connectivity index (χ1n) is 9.49. The summed E-state index contributed by atoms with van der Waals surface area (Å²) < 4.78 is 12.5. The normalized spacial score (nSPS) is 10.4. The molecular formula is C23H24N2O4.